The van der Waals surface area contributed by atoms with Crippen LogP contribution in [0.3, 0.4) is 0 Å². The van der Waals surface area contributed by atoms with E-state index in [1.165, 1.54) is 19.3 Å². The van der Waals surface area contributed by atoms with Gasteiger partial charge in [0.25, 0.3) is 5.91 Å². The molecule has 2 aromatic rings. The summed E-state index contributed by atoms with van der Waals surface area (Å²) in [5.41, 5.74) is 2.19. The van der Waals surface area contributed by atoms with E-state index >= 15 is 0 Å². The van der Waals surface area contributed by atoms with Crippen molar-refractivity contribution in [3.8, 4) is 5.75 Å². The quantitative estimate of drug-likeness (QED) is 0.912. The fraction of sp³-hybridized carbons (Fsp3) is 0.579. The molecule has 0 saturated heterocycles. The molecule has 2 unspecified atom stereocenters. The summed E-state index contributed by atoms with van der Waals surface area (Å²) in [7, 11) is 0. The lowest BCUT2D eigenvalue weighted by Crippen LogP contribution is -2.41. The minimum absolute atomic E-state index is 0.0215. The molecule has 5 nitrogen and oxygen atoms in total. The van der Waals surface area contributed by atoms with Gasteiger partial charge < -0.3 is 10.1 Å². The molecule has 5 heteroatoms. The van der Waals surface area contributed by atoms with E-state index in [4.69, 9.17) is 4.74 Å². The SMILES string of the molecule is CCOc1cccn2c(C(=O)NC3CCCCC3C)c(CC)nc12. The molecular formula is C19H27N3O2. The van der Waals surface area contributed by atoms with Crippen molar-refractivity contribution in [1.29, 1.82) is 0 Å². The standard InChI is InChI=1S/C19H27N3O2/c1-4-14-17(19(23)21-15-10-7-6-9-13(15)3)22-12-8-11-16(24-5-2)18(22)20-14/h8,11-13,15H,4-7,9-10H2,1-3H3,(H,21,23). The summed E-state index contributed by atoms with van der Waals surface area (Å²) < 4.78 is 7.53. The second-order valence-electron chi connectivity index (χ2n) is 6.60. The molecule has 0 bridgehead atoms. The number of pyridine rings is 1. The van der Waals surface area contributed by atoms with Gasteiger partial charge in [0.05, 0.1) is 12.3 Å². The van der Waals surface area contributed by atoms with Crippen LogP contribution in [0.25, 0.3) is 5.65 Å². The van der Waals surface area contributed by atoms with Gasteiger partial charge in [0, 0.05) is 12.2 Å². The molecule has 1 saturated carbocycles. The van der Waals surface area contributed by atoms with Crippen LogP contribution in [0.15, 0.2) is 18.3 Å². The molecule has 2 atom stereocenters. The van der Waals surface area contributed by atoms with Crippen LogP contribution in [0, 0.1) is 5.92 Å². The Labute approximate surface area is 143 Å². The third kappa shape index (κ3) is 3.12. The summed E-state index contributed by atoms with van der Waals surface area (Å²) >= 11 is 0. The van der Waals surface area contributed by atoms with E-state index in [0.717, 1.165) is 29.9 Å². The third-order valence-electron chi connectivity index (χ3n) is 4.96. The number of nitrogens with zero attached hydrogens (tertiary/aromatic N) is 2. The van der Waals surface area contributed by atoms with Gasteiger partial charge in [-0.2, -0.15) is 0 Å². The number of carbonyl (C=O) groups excluding carboxylic acids is 1. The highest BCUT2D eigenvalue weighted by atomic mass is 16.5. The van der Waals surface area contributed by atoms with Crippen LogP contribution in [-0.4, -0.2) is 27.9 Å². The molecule has 3 rings (SSSR count). The van der Waals surface area contributed by atoms with Gasteiger partial charge in [0.2, 0.25) is 0 Å². The minimum Gasteiger partial charge on any atom is -0.490 e. The first kappa shape index (κ1) is 16.8. The summed E-state index contributed by atoms with van der Waals surface area (Å²) in [4.78, 5) is 17.6. The van der Waals surface area contributed by atoms with E-state index in [0.29, 0.717) is 18.2 Å². The van der Waals surface area contributed by atoms with E-state index in [2.05, 4.69) is 17.2 Å². The Balaban J connectivity index is 1.95. The number of rotatable bonds is 5. The van der Waals surface area contributed by atoms with E-state index in [1.54, 1.807) is 0 Å². The molecule has 1 amide bonds. The lowest BCUT2D eigenvalue weighted by molar-refractivity contribution is 0.0903. The van der Waals surface area contributed by atoms with E-state index in [1.807, 2.05) is 36.6 Å². The first-order valence-electron chi connectivity index (χ1n) is 9.09. The Morgan fingerprint density at radius 2 is 2.17 bits per heavy atom. The zero-order valence-corrected chi connectivity index (χ0v) is 14.8. The number of hydrogen-bond donors (Lipinski definition) is 1. The van der Waals surface area contributed by atoms with Gasteiger partial charge in [-0.3, -0.25) is 9.20 Å². The predicted octanol–water partition coefficient (Wildman–Crippen LogP) is 3.60. The number of ether oxygens (including phenoxy) is 1. The second kappa shape index (κ2) is 7.24. The van der Waals surface area contributed by atoms with Crippen LogP contribution in [0.1, 0.15) is 62.6 Å². The van der Waals surface area contributed by atoms with Crippen molar-refractivity contribution in [2.24, 2.45) is 5.92 Å². The molecule has 2 aromatic heterocycles. The molecule has 0 aromatic carbocycles. The summed E-state index contributed by atoms with van der Waals surface area (Å²) in [6.07, 6.45) is 7.32. The zero-order valence-electron chi connectivity index (χ0n) is 14.8. The number of carbonyl (C=O) groups is 1. The Morgan fingerprint density at radius 3 is 2.88 bits per heavy atom. The maximum Gasteiger partial charge on any atom is 0.270 e. The first-order valence-corrected chi connectivity index (χ1v) is 9.09. The summed E-state index contributed by atoms with van der Waals surface area (Å²) in [6, 6.07) is 4.06. The van der Waals surface area contributed by atoms with Crippen LogP contribution < -0.4 is 10.1 Å². The van der Waals surface area contributed by atoms with Gasteiger partial charge in [-0.15, -0.1) is 0 Å². The van der Waals surface area contributed by atoms with Crippen molar-refractivity contribution in [2.45, 2.75) is 58.9 Å². The van der Waals surface area contributed by atoms with Crippen LogP contribution in [0.2, 0.25) is 0 Å². The monoisotopic (exact) mass is 329 g/mol. The van der Waals surface area contributed by atoms with Crippen LogP contribution >= 0.6 is 0 Å². The predicted molar refractivity (Wildman–Crippen MR) is 94.6 cm³/mol. The van der Waals surface area contributed by atoms with Crippen molar-refractivity contribution in [3.05, 3.63) is 29.7 Å². The molecule has 2 heterocycles. The number of aromatic nitrogens is 2. The number of fused-ring (bicyclic) bond motifs is 1. The molecule has 0 spiro atoms. The van der Waals surface area contributed by atoms with Gasteiger partial charge in [-0.05, 0) is 44.2 Å². The van der Waals surface area contributed by atoms with E-state index in [-0.39, 0.29) is 11.9 Å². The van der Waals surface area contributed by atoms with Gasteiger partial charge >= 0.3 is 0 Å². The lowest BCUT2D eigenvalue weighted by Gasteiger charge is -2.29. The Kier molecular flexibility index (Phi) is 5.07. The maximum atomic E-state index is 13.0. The largest absolute Gasteiger partial charge is 0.490 e. The van der Waals surface area contributed by atoms with Crippen LogP contribution in [-0.2, 0) is 6.42 Å². The Bertz CT molecular complexity index is 723. The van der Waals surface area contributed by atoms with Gasteiger partial charge in [0.15, 0.2) is 11.4 Å². The van der Waals surface area contributed by atoms with Gasteiger partial charge in [-0.25, -0.2) is 4.98 Å². The molecule has 24 heavy (non-hydrogen) atoms. The summed E-state index contributed by atoms with van der Waals surface area (Å²) in [5.74, 6) is 1.23. The highest BCUT2D eigenvalue weighted by molar-refractivity contribution is 5.95. The molecule has 1 aliphatic carbocycles. The highest BCUT2D eigenvalue weighted by Crippen LogP contribution is 2.26. The smallest absolute Gasteiger partial charge is 0.270 e. The van der Waals surface area contributed by atoms with Crippen molar-refractivity contribution in [3.63, 3.8) is 0 Å². The van der Waals surface area contributed by atoms with Crippen LogP contribution in [0.4, 0.5) is 0 Å². The molecule has 1 aliphatic rings. The van der Waals surface area contributed by atoms with Crippen molar-refractivity contribution in [1.82, 2.24) is 14.7 Å². The maximum absolute atomic E-state index is 13.0. The lowest BCUT2D eigenvalue weighted by atomic mass is 9.86. The normalized spacial score (nSPS) is 21.0. The molecule has 0 radical (unpaired) electrons. The Hall–Kier alpha value is -2.04. The van der Waals surface area contributed by atoms with Gasteiger partial charge in [0.1, 0.15) is 5.69 Å². The number of imidazole rings is 1. The molecule has 130 valence electrons. The molecule has 0 aliphatic heterocycles. The number of aryl methyl sites for hydroxylation is 1. The topological polar surface area (TPSA) is 55.6 Å². The van der Waals surface area contributed by atoms with Crippen molar-refractivity contribution < 1.29 is 9.53 Å². The number of hydrogen-bond acceptors (Lipinski definition) is 3. The van der Waals surface area contributed by atoms with Crippen molar-refractivity contribution in [2.75, 3.05) is 6.61 Å². The van der Waals surface area contributed by atoms with E-state index in [9.17, 15) is 4.79 Å². The van der Waals surface area contributed by atoms with Crippen molar-refractivity contribution >= 4 is 11.6 Å². The minimum atomic E-state index is -0.0215. The molecule has 1 N–H and O–H groups in total. The summed E-state index contributed by atoms with van der Waals surface area (Å²) in [6.45, 7) is 6.79. The zero-order chi connectivity index (χ0) is 17.1. The number of amides is 1. The highest BCUT2D eigenvalue weighted by Gasteiger charge is 2.26. The average molecular weight is 329 g/mol. The Morgan fingerprint density at radius 1 is 1.38 bits per heavy atom. The second-order valence-corrected chi connectivity index (χ2v) is 6.60. The average Bonchev–Trinajstić information content (AvgIpc) is 2.97. The van der Waals surface area contributed by atoms with E-state index < -0.39 is 0 Å². The fourth-order valence-corrected chi connectivity index (χ4v) is 3.61. The summed E-state index contributed by atoms with van der Waals surface area (Å²) in [5, 5.41) is 3.25. The van der Waals surface area contributed by atoms with Gasteiger partial charge in [-0.1, -0.05) is 26.7 Å². The third-order valence-corrected chi connectivity index (χ3v) is 4.96. The van der Waals surface area contributed by atoms with Crippen LogP contribution in [0.5, 0.6) is 5.75 Å². The number of nitrogens with one attached hydrogen (secondary N) is 1. The fourth-order valence-electron chi connectivity index (χ4n) is 3.61. The molecule has 1 fully saturated rings. The first-order chi connectivity index (χ1) is 11.7. The molecular weight excluding hydrogens is 302 g/mol.